The van der Waals surface area contributed by atoms with Gasteiger partial charge in [-0.3, -0.25) is 4.79 Å². The Morgan fingerprint density at radius 3 is 2.42 bits per heavy atom. The third-order valence-corrected chi connectivity index (χ3v) is 5.82. The van der Waals surface area contributed by atoms with E-state index in [1.165, 1.54) is 0 Å². The van der Waals surface area contributed by atoms with Gasteiger partial charge in [0.25, 0.3) is 0 Å². The van der Waals surface area contributed by atoms with E-state index in [1.54, 1.807) is 0 Å². The first-order valence-corrected chi connectivity index (χ1v) is 11.3. The minimum atomic E-state index is -0.0249. The summed E-state index contributed by atoms with van der Waals surface area (Å²) in [5.74, 6) is 1.93. The van der Waals surface area contributed by atoms with Crippen LogP contribution in [0, 0.1) is 5.41 Å². The van der Waals surface area contributed by atoms with Gasteiger partial charge in [-0.05, 0) is 19.3 Å². The lowest BCUT2D eigenvalue weighted by Crippen LogP contribution is -2.47. The van der Waals surface area contributed by atoms with E-state index in [-0.39, 0.29) is 23.5 Å². The molecule has 0 spiro atoms. The fourth-order valence-corrected chi connectivity index (χ4v) is 4.50. The van der Waals surface area contributed by atoms with Crippen molar-refractivity contribution in [3.8, 4) is 11.4 Å². The van der Waals surface area contributed by atoms with Crippen LogP contribution >= 0.6 is 0 Å². The quantitative estimate of drug-likeness (QED) is 0.746. The lowest BCUT2D eigenvalue weighted by molar-refractivity contribution is -0.134. The molecule has 1 fully saturated rings. The molecule has 4 rings (SSSR count). The summed E-state index contributed by atoms with van der Waals surface area (Å²) in [6.45, 7) is 13.4. The summed E-state index contributed by atoms with van der Waals surface area (Å²) >= 11 is 0. The Labute approximate surface area is 185 Å². The monoisotopic (exact) mass is 422 g/mol. The SMILES string of the molecule is C[C@@H]1CN(c2nc(-c3ccccc3)nc3c2CN(C(=O)CC(C)(C)C)CC3)C[C@@H](C)O1. The number of carbonyl (C=O) groups excluding carboxylic acids is 1. The van der Waals surface area contributed by atoms with Crippen LogP contribution in [-0.2, 0) is 22.5 Å². The van der Waals surface area contributed by atoms with Gasteiger partial charge in [-0.25, -0.2) is 9.97 Å². The highest BCUT2D eigenvalue weighted by Crippen LogP contribution is 2.32. The van der Waals surface area contributed by atoms with Gasteiger partial charge in [0.05, 0.1) is 24.4 Å². The van der Waals surface area contributed by atoms with E-state index in [9.17, 15) is 4.79 Å². The molecule has 0 unspecified atom stereocenters. The Bertz CT molecular complexity index is 929. The summed E-state index contributed by atoms with van der Waals surface area (Å²) in [4.78, 5) is 27.2. The summed E-state index contributed by atoms with van der Waals surface area (Å²) in [6.07, 6.45) is 1.58. The summed E-state index contributed by atoms with van der Waals surface area (Å²) in [6, 6.07) is 10.1. The molecular formula is C25H34N4O2. The van der Waals surface area contributed by atoms with E-state index >= 15 is 0 Å². The average Bonchev–Trinajstić information content (AvgIpc) is 2.71. The second-order valence-corrected chi connectivity index (χ2v) is 10.1. The van der Waals surface area contributed by atoms with E-state index in [0.717, 1.165) is 48.0 Å². The predicted molar refractivity (Wildman–Crippen MR) is 123 cm³/mol. The minimum absolute atomic E-state index is 0.0249. The van der Waals surface area contributed by atoms with Crippen LogP contribution < -0.4 is 4.90 Å². The normalized spacial score (nSPS) is 21.7. The molecule has 1 saturated heterocycles. The molecule has 0 saturated carbocycles. The van der Waals surface area contributed by atoms with Crippen LogP contribution in [-0.4, -0.2) is 52.6 Å². The molecule has 0 N–H and O–H groups in total. The Morgan fingerprint density at radius 2 is 1.77 bits per heavy atom. The molecule has 0 aliphatic carbocycles. The molecule has 166 valence electrons. The molecular weight excluding hydrogens is 388 g/mol. The van der Waals surface area contributed by atoms with Gasteiger partial charge < -0.3 is 14.5 Å². The van der Waals surface area contributed by atoms with E-state index < -0.39 is 0 Å². The van der Waals surface area contributed by atoms with Crippen LogP contribution in [0.4, 0.5) is 5.82 Å². The zero-order chi connectivity index (χ0) is 22.2. The maximum Gasteiger partial charge on any atom is 0.223 e. The zero-order valence-electron chi connectivity index (χ0n) is 19.4. The maximum absolute atomic E-state index is 13.0. The standard InChI is InChI=1S/C25H34N4O2/c1-17-14-29(15-18(2)31-17)24-20-16-28(22(30)13-25(3,4)5)12-11-21(20)26-23(27-24)19-9-7-6-8-10-19/h6-10,17-18H,11-16H2,1-5H3/t17-,18-/m1/s1. The number of aromatic nitrogens is 2. The van der Waals surface area contributed by atoms with Crippen molar-refractivity contribution >= 4 is 11.7 Å². The summed E-state index contributed by atoms with van der Waals surface area (Å²) in [7, 11) is 0. The van der Waals surface area contributed by atoms with Crippen molar-refractivity contribution in [2.24, 2.45) is 5.41 Å². The second-order valence-electron chi connectivity index (χ2n) is 10.1. The van der Waals surface area contributed by atoms with Crippen molar-refractivity contribution in [3.63, 3.8) is 0 Å². The Morgan fingerprint density at radius 1 is 1.10 bits per heavy atom. The van der Waals surface area contributed by atoms with Crippen molar-refractivity contribution in [3.05, 3.63) is 41.6 Å². The number of anilines is 1. The van der Waals surface area contributed by atoms with E-state index in [1.807, 2.05) is 23.1 Å². The van der Waals surface area contributed by atoms with Crippen LogP contribution in [0.25, 0.3) is 11.4 Å². The molecule has 6 heteroatoms. The van der Waals surface area contributed by atoms with Gasteiger partial charge in [-0.2, -0.15) is 0 Å². The second kappa shape index (κ2) is 8.58. The molecule has 0 radical (unpaired) electrons. The van der Waals surface area contributed by atoms with Crippen molar-refractivity contribution in [1.29, 1.82) is 0 Å². The van der Waals surface area contributed by atoms with Gasteiger partial charge in [-0.1, -0.05) is 51.1 Å². The first-order chi connectivity index (χ1) is 14.7. The van der Waals surface area contributed by atoms with E-state index in [2.05, 4.69) is 51.7 Å². The average molecular weight is 423 g/mol. The lowest BCUT2D eigenvalue weighted by atomic mass is 9.91. The van der Waals surface area contributed by atoms with Crippen molar-refractivity contribution in [2.75, 3.05) is 24.5 Å². The molecule has 1 amide bonds. The Hall–Kier alpha value is -2.47. The highest BCUT2D eigenvalue weighted by molar-refractivity contribution is 5.77. The number of hydrogen-bond donors (Lipinski definition) is 0. The van der Waals surface area contributed by atoms with E-state index in [0.29, 0.717) is 19.5 Å². The largest absolute Gasteiger partial charge is 0.372 e. The molecule has 1 aromatic heterocycles. The number of ether oxygens (including phenoxy) is 1. The molecule has 2 aromatic rings. The van der Waals surface area contributed by atoms with Crippen LogP contribution in [0.2, 0.25) is 0 Å². The van der Waals surface area contributed by atoms with E-state index in [4.69, 9.17) is 14.7 Å². The van der Waals surface area contributed by atoms with Crippen molar-refractivity contribution in [2.45, 2.75) is 66.2 Å². The molecule has 2 aliphatic rings. The number of nitrogens with zero attached hydrogens (tertiary/aromatic N) is 4. The number of fused-ring (bicyclic) bond motifs is 1. The predicted octanol–water partition coefficient (Wildman–Crippen LogP) is 4.08. The summed E-state index contributed by atoms with van der Waals surface area (Å²) in [5.41, 5.74) is 3.15. The zero-order valence-corrected chi connectivity index (χ0v) is 19.4. The van der Waals surface area contributed by atoms with Gasteiger partial charge in [-0.15, -0.1) is 0 Å². The third-order valence-electron chi connectivity index (χ3n) is 5.82. The maximum atomic E-state index is 13.0. The van der Waals surface area contributed by atoms with Gasteiger partial charge in [0, 0.05) is 43.6 Å². The van der Waals surface area contributed by atoms with Gasteiger partial charge in [0.1, 0.15) is 5.82 Å². The summed E-state index contributed by atoms with van der Waals surface area (Å²) < 4.78 is 5.96. The fourth-order valence-electron chi connectivity index (χ4n) is 4.50. The first kappa shape index (κ1) is 21.8. The number of benzene rings is 1. The highest BCUT2D eigenvalue weighted by atomic mass is 16.5. The molecule has 3 heterocycles. The Kier molecular flexibility index (Phi) is 6.02. The number of morpholine rings is 1. The van der Waals surface area contributed by atoms with Crippen LogP contribution in [0.15, 0.2) is 30.3 Å². The number of hydrogen-bond acceptors (Lipinski definition) is 5. The van der Waals surface area contributed by atoms with Gasteiger partial charge >= 0.3 is 0 Å². The number of carbonyl (C=O) groups is 1. The van der Waals surface area contributed by atoms with Gasteiger partial charge in [0.15, 0.2) is 5.82 Å². The topological polar surface area (TPSA) is 58.6 Å². The summed E-state index contributed by atoms with van der Waals surface area (Å²) in [5, 5.41) is 0. The van der Waals surface area contributed by atoms with Crippen LogP contribution in [0.3, 0.4) is 0 Å². The molecule has 2 aliphatic heterocycles. The molecule has 6 nitrogen and oxygen atoms in total. The van der Waals surface area contributed by atoms with Crippen molar-refractivity contribution < 1.29 is 9.53 Å². The smallest absolute Gasteiger partial charge is 0.223 e. The molecule has 0 bridgehead atoms. The minimum Gasteiger partial charge on any atom is -0.372 e. The number of rotatable bonds is 3. The van der Waals surface area contributed by atoms with Crippen LogP contribution in [0.1, 0.15) is 52.3 Å². The molecule has 1 aromatic carbocycles. The number of amides is 1. The Balaban J connectivity index is 1.72. The molecule has 2 atom stereocenters. The highest BCUT2D eigenvalue weighted by Gasteiger charge is 2.32. The fraction of sp³-hybridized carbons (Fsp3) is 0.560. The van der Waals surface area contributed by atoms with Gasteiger partial charge in [0.2, 0.25) is 5.91 Å². The van der Waals surface area contributed by atoms with Crippen LogP contribution in [0.5, 0.6) is 0 Å². The first-order valence-electron chi connectivity index (χ1n) is 11.3. The molecule has 31 heavy (non-hydrogen) atoms. The van der Waals surface area contributed by atoms with Crippen molar-refractivity contribution in [1.82, 2.24) is 14.9 Å². The lowest BCUT2D eigenvalue weighted by Gasteiger charge is -2.39. The third kappa shape index (κ3) is 5.06.